The first-order valence-electron chi connectivity index (χ1n) is 6.81. The highest BCUT2D eigenvalue weighted by molar-refractivity contribution is 5.96. The van der Waals surface area contributed by atoms with E-state index < -0.39 is 5.97 Å². The summed E-state index contributed by atoms with van der Waals surface area (Å²) >= 11 is 0. The van der Waals surface area contributed by atoms with E-state index in [2.05, 4.69) is 0 Å². The first-order chi connectivity index (χ1) is 10.1. The summed E-state index contributed by atoms with van der Waals surface area (Å²) in [7, 11) is 1.63. The van der Waals surface area contributed by atoms with Crippen molar-refractivity contribution in [3.05, 3.63) is 29.8 Å². The van der Waals surface area contributed by atoms with E-state index in [1.165, 1.54) is 4.90 Å². The summed E-state index contributed by atoms with van der Waals surface area (Å²) in [5.74, 6) is -0.761. The molecule has 1 aromatic carbocycles. The lowest BCUT2D eigenvalue weighted by Crippen LogP contribution is -2.35. The summed E-state index contributed by atoms with van der Waals surface area (Å²) in [6.45, 7) is 2.88. The Hall–Kier alpha value is -2.08. The van der Waals surface area contributed by atoms with E-state index in [1.807, 2.05) is 0 Å². The van der Waals surface area contributed by atoms with Crippen molar-refractivity contribution in [1.29, 1.82) is 0 Å². The first-order valence-corrected chi connectivity index (χ1v) is 6.81. The molecule has 1 rings (SSSR count). The zero-order valence-corrected chi connectivity index (χ0v) is 12.4. The molecule has 1 aromatic rings. The molecule has 0 aliphatic rings. The summed E-state index contributed by atoms with van der Waals surface area (Å²) in [6.07, 6.45) is 0.759. The van der Waals surface area contributed by atoms with Crippen LogP contribution in [0, 0.1) is 0 Å². The van der Waals surface area contributed by atoms with Gasteiger partial charge in [-0.05, 0) is 25.1 Å². The van der Waals surface area contributed by atoms with Gasteiger partial charge in [0.15, 0.2) is 0 Å². The average Bonchev–Trinajstić information content (AvgIpc) is 2.48. The Morgan fingerprint density at radius 1 is 1.29 bits per heavy atom. The highest BCUT2D eigenvalue weighted by atomic mass is 16.5. The molecule has 6 heteroatoms. The minimum absolute atomic E-state index is 0.311. The molecule has 0 fully saturated rings. The van der Waals surface area contributed by atoms with Crippen molar-refractivity contribution in [3.8, 4) is 5.75 Å². The Morgan fingerprint density at radius 3 is 2.67 bits per heavy atom. The van der Waals surface area contributed by atoms with Crippen LogP contribution < -0.4 is 4.74 Å². The number of carbonyl (C=O) groups is 2. The van der Waals surface area contributed by atoms with E-state index in [4.69, 9.17) is 14.6 Å². The third-order valence-corrected chi connectivity index (χ3v) is 2.84. The maximum absolute atomic E-state index is 12.2. The first kappa shape index (κ1) is 17.0. The number of hydrogen-bond acceptors (Lipinski definition) is 4. The molecule has 0 radical (unpaired) electrons. The van der Waals surface area contributed by atoms with E-state index >= 15 is 0 Å². The van der Waals surface area contributed by atoms with Crippen LogP contribution in [0.25, 0.3) is 0 Å². The summed E-state index contributed by atoms with van der Waals surface area (Å²) in [4.78, 5) is 24.2. The summed E-state index contributed by atoms with van der Waals surface area (Å²) in [5.41, 5.74) is 0.419. The second-order valence-electron chi connectivity index (χ2n) is 4.44. The molecule has 6 nitrogen and oxygen atoms in total. The van der Waals surface area contributed by atoms with E-state index in [-0.39, 0.29) is 12.5 Å². The van der Waals surface area contributed by atoms with Gasteiger partial charge in [-0.3, -0.25) is 9.59 Å². The molecular formula is C15H21NO5. The van der Waals surface area contributed by atoms with Gasteiger partial charge in [0.2, 0.25) is 0 Å². The van der Waals surface area contributed by atoms with E-state index in [0.29, 0.717) is 31.1 Å². The van der Waals surface area contributed by atoms with Gasteiger partial charge >= 0.3 is 5.97 Å². The van der Waals surface area contributed by atoms with E-state index in [9.17, 15) is 9.59 Å². The molecule has 0 atom stereocenters. The standard InChI is InChI=1S/C15H21NO5/c1-3-16(11-14(17)18)15(19)12-6-4-7-13(10-12)21-9-5-8-20-2/h4,6-7,10H,3,5,8-9,11H2,1-2H3,(H,17,18). The number of amides is 1. The van der Waals surface area contributed by atoms with Crippen molar-refractivity contribution in [1.82, 2.24) is 4.90 Å². The number of aliphatic carboxylic acids is 1. The molecule has 116 valence electrons. The highest BCUT2D eigenvalue weighted by Crippen LogP contribution is 2.15. The van der Waals surface area contributed by atoms with Gasteiger partial charge in [0.1, 0.15) is 12.3 Å². The van der Waals surface area contributed by atoms with Crippen LogP contribution >= 0.6 is 0 Å². The molecule has 0 saturated carbocycles. The maximum Gasteiger partial charge on any atom is 0.323 e. The summed E-state index contributed by atoms with van der Waals surface area (Å²) in [5, 5.41) is 8.80. The number of nitrogens with zero attached hydrogens (tertiary/aromatic N) is 1. The zero-order chi connectivity index (χ0) is 15.7. The zero-order valence-electron chi connectivity index (χ0n) is 12.4. The number of methoxy groups -OCH3 is 1. The molecule has 21 heavy (non-hydrogen) atoms. The van der Waals surface area contributed by atoms with Crippen LogP contribution in [0.5, 0.6) is 5.75 Å². The van der Waals surface area contributed by atoms with Crippen molar-refractivity contribution in [2.24, 2.45) is 0 Å². The lowest BCUT2D eigenvalue weighted by atomic mass is 10.2. The van der Waals surface area contributed by atoms with Crippen molar-refractivity contribution in [2.45, 2.75) is 13.3 Å². The van der Waals surface area contributed by atoms with Crippen LogP contribution in [0.2, 0.25) is 0 Å². The van der Waals surface area contributed by atoms with Crippen molar-refractivity contribution in [3.63, 3.8) is 0 Å². The lowest BCUT2D eigenvalue weighted by Gasteiger charge is -2.18. The molecule has 0 aliphatic carbocycles. The molecular weight excluding hydrogens is 274 g/mol. The highest BCUT2D eigenvalue weighted by Gasteiger charge is 2.17. The normalized spacial score (nSPS) is 10.2. The van der Waals surface area contributed by atoms with Crippen LogP contribution in [-0.2, 0) is 9.53 Å². The Morgan fingerprint density at radius 2 is 2.05 bits per heavy atom. The average molecular weight is 295 g/mol. The van der Waals surface area contributed by atoms with Crippen molar-refractivity contribution < 1.29 is 24.2 Å². The molecule has 0 spiro atoms. The molecule has 0 unspecified atom stereocenters. The fourth-order valence-electron chi connectivity index (χ4n) is 1.79. The van der Waals surface area contributed by atoms with Gasteiger partial charge in [0.25, 0.3) is 5.91 Å². The van der Waals surface area contributed by atoms with E-state index in [0.717, 1.165) is 6.42 Å². The lowest BCUT2D eigenvalue weighted by molar-refractivity contribution is -0.137. The quantitative estimate of drug-likeness (QED) is 0.701. The van der Waals surface area contributed by atoms with Crippen LogP contribution in [0.1, 0.15) is 23.7 Å². The van der Waals surface area contributed by atoms with Gasteiger partial charge in [-0.25, -0.2) is 0 Å². The number of ether oxygens (including phenoxy) is 2. The Balaban J connectivity index is 2.69. The topological polar surface area (TPSA) is 76.1 Å². The second-order valence-corrected chi connectivity index (χ2v) is 4.44. The van der Waals surface area contributed by atoms with Gasteiger partial charge < -0.3 is 19.5 Å². The largest absolute Gasteiger partial charge is 0.493 e. The molecule has 0 aromatic heterocycles. The molecule has 1 N–H and O–H groups in total. The van der Waals surface area contributed by atoms with Crippen LogP contribution in [-0.4, -0.2) is 55.3 Å². The SMILES string of the molecule is CCN(CC(=O)O)C(=O)c1cccc(OCCCOC)c1. The van der Waals surface area contributed by atoms with E-state index in [1.54, 1.807) is 38.3 Å². The third kappa shape index (κ3) is 5.83. The smallest absolute Gasteiger partial charge is 0.323 e. The number of carboxylic acid groups (broad SMARTS) is 1. The molecule has 0 heterocycles. The molecule has 1 amide bonds. The number of rotatable bonds is 9. The van der Waals surface area contributed by atoms with Crippen molar-refractivity contribution >= 4 is 11.9 Å². The number of carboxylic acids is 1. The van der Waals surface area contributed by atoms with Crippen LogP contribution in [0.3, 0.4) is 0 Å². The van der Waals surface area contributed by atoms with Gasteiger partial charge in [0.05, 0.1) is 6.61 Å². The minimum Gasteiger partial charge on any atom is -0.493 e. The van der Waals surface area contributed by atoms with Gasteiger partial charge in [0, 0.05) is 32.2 Å². The Kier molecular flexibility index (Phi) is 7.25. The van der Waals surface area contributed by atoms with Crippen LogP contribution in [0.15, 0.2) is 24.3 Å². The van der Waals surface area contributed by atoms with Gasteiger partial charge in [-0.1, -0.05) is 6.07 Å². The van der Waals surface area contributed by atoms with Gasteiger partial charge in [-0.2, -0.15) is 0 Å². The van der Waals surface area contributed by atoms with Crippen molar-refractivity contribution in [2.75, 3.05) is 33.4 Å². The number of carbonyl (C=O) groups excluding carboxylic acids is 1. The predicted octanol–water partition coefficient (Wildman–Crippen LogP) is 1.65. The minimum atomic E-state index is -1.03. The summed E-state index contributed by atoms with van der Waals surface area (Å²) in [6, 6.07) is 6.75. The Labute approximate surface area is 124 Å². The molecule has 0 aliphatic heterocycles. The second kappa shape index (κ2) is 8.97. The number of benzene rings is 1. The Bertz CT molecular complexity index is 475. The fraction of sp³-hybridized carbons (Fsp3) is 0.467. The summed E-state index contributed by atoms with van der Waals surface area (Å²) < 4.78 is 10.5. The number of hydrogen-bond donors (Lipinski definition) is 1. The molecule has 0 saturated heterocycles. The third-order valence-electron chi connectivity index (χ3n) is 2.84. The van der Waals surface area contributed by atoms with Gasteiger partial charge in [-0.15, -0.1) is 0 Å². The molecule has 0 bridgehead atoms. The van der Waals surface area contributed by atoms with Crippen LogP contribution in [0.4, 0.5) is 0 Å². The maximum atomic E-state index is 12.2. The monoisotopic (exact) mass is 295 g/mol. The fourth-order valence-corrected chi connectivity index (χ4v) is 1.79. The predicted molar refractivity (Wildman–Crippen MR) is 77.6 cm³/mol. The number of likely N-dealkylation sites (N-methyl/N-ethyl adjacent to an activating group) is 1.